The first-order chi connectivity index (χ1) is 13.3. The van der Waals surface area contributed by atoms with Gasteiger partial charge >= 0.3 is 18.3 Å². The van der Waals surface area contributed by atoms with Crippen LogP contribution in [0.2, 0.25) is 0 Å². The summed E-state index contributed by atoms with van der Waals surface area (Å²) in [6.07, 6.45) is 5.02. The highest BCUT2D eigenvalue weighted by atomic mass is 19.3. The van der Waals surface area contributed by atoms with Crippen LogP contribution in [0.1, 0.15) is 30.9 Å². The van der Waals surface area contributed by atoms with Crippen molar-refractivity contribution < 1.29 is 27.1 Å². The molecule has 1 aromatic carbocycles. The molecule has 1 aromatic heterocycles. The first-order valence-electron chi connectivity index (χ1n) is 8.74. The van der Waals surface area contributed by atoms with Crippen molar-refractivity contribution in [1.29, 1.82) is 0 Å². The number of carbonyl (C=O) groups is 1. The molecule has 0 atom stereocenters. The molecule has 0 aliphatic rings. The first-order valence-corrected chi connectivity index (χ1v) is 8.74. The summed E-state index contributed by atoms with van der Waals surface area (Å²) >= 11 is 0. The maximum atomic E-state index is 12.7. The zero-order chi connectivity index (χ0) is 20.6. The number of carbonyl (C=O) groups excluding carboxylic acids is 1. The SMILES string of the molecule is CCCCc1cnc(-c2ccc(/C=C/C(=O)OCC(F)(F)C(F)F)cc2)nc1. The van der Waals surface area contributed by atoms with Crippen molar-refractivity contribution in [1.82, 2.24) is 9.97 Å². The van der Waals surface area contributed by atoms with Gasteiger partial charge in [-0.25, -0.2) is 23.5 Å². The Hall–Kier alpha value is -2.77. The molecule has 0 fully saturated rings. The summed E-state index contributed by atoms with van der Waals surface area (Å²) in [5, 5.41) is 0. The molecular weight excluding hydrogens is 376 g/mol. The Morgan fingerprint density at radius 1 is 1.18 bits per heavy atom. The van der Waals surface area contributed by atoms with Crippen LogP contribution in [-0.4, -0.2) is 34.9 Å². The van der Waals surface area contributed by atoms with Crippen LogP contribution in [0.4, 0.5) is 17.6 Å². The molecule has 0 spiro atoms. The van der Waals surface area contributed by atoms with Gasteiger partial charge in [-0.3, -0.25) is 0 Å². The second kappa shape index (κ2) is 9.96. The Morgan fingerprint density at radius 3 is 2.39 bits per heavy atom. The molecule has 0 aliphatic heterocycles. The van der Waals surface area contributed by atoms with Crippen molar-refractivity contribution in [3.63, 3.8) is 0 Å². The highest BCUT2D eigenvalue weighted by Crippen LogP contribution is 2.23. The van der Waals surface area contributed by atoms with E-state index in [4.69, 9.17) is 0 Å². The van der Waals surface area contributed by atoms with E-state index in [-0.39, 0.29) is 0 Å². The maximum absolute atomic E-state index is 12.7. The largest absolute Gasteiger partial charge is 0.456 e. The van der Waals surface area contributed by atoms with E-state index in [2.05, 4.69) is 21.6 Å². The van der Waals surface area contributed by atoms with Gasteiger partial charge in [0.2, 0.25) is 0 Å². The number of aryl methyl sites for hydroxylation is 1. The van der Waals surface area contributed by atoms with E-state index in [9.17, 15) is 22.4 Å². The smallest absolute Gasteiger partial charge is 0.340 e. The molecule has 28 heavy (non-hydrogen) atoms. The lowest BCUT2D eigenvalue weighted by Crippen LogP contribution is -2.33. The second-order valence-electron chi connectivity index (χ2n) is 6.14. The standard InChI is InChI=1S/C20H20F4N2O2/c1-2-3-4-15-11-25-18(26-12-15)16-8-5-14(6-9-16)7-10-17(27)28-13-20(23,24)19(21)22/h5-12,19H,2-4,13H2,1H3/b10-7+. The molecule has 0 bridgehead atoms. The molecule has 0 amide bonds. The Kier molecular flexibility index (Phi) is 7.66. The topological polar surface area (TPSA) is 52.1 Å². The number of alkyl halides is 4. The lowest BCUT2D eigenvalue weighted by molar-refractivity contribution is -0.175. The van der Waals surface area contributed by atoms with Crippen LogP contribution in [0.15, 0.2) is 42.7 Å². The number of benzene rings is 1. The van der Waals surface area contributed by atoms with Crippen LogP contribution in [0.25, 0.3) is 17.5 Å². The van der Waals surface area contributed by atoms with E-state index in [0.29, 0.717) is 11.4 Å². The number of unbranched alkanes of at least 4 members (excludes halogenated alkanes) is 1. The molecule has 0 radical (unpaired) electrons. The predicted molar refractivity (Wildman–Crippen MR) is 97.0 cm³/mol. The summed E-state index contributed by atoms with van der Waals surface area (Å²) in [5.74, 6) is -4.93. The molecule has 1 heterocycles. The third-order valence-electron chi connectivity index (χ3n) is 3.83. The molecule has 2 rings (SSSR count). The summed E-state index contributed by atoms with van der Waals surface area (Å²) in [7, 11) is 0. The number of hydrogen-bond donors (Lipinski definition) is 0. The van der Waals surface area contributed by atoms with E-state index < -0.39 is 24.9 Å². The third-order valence-corrected chi connectivity index (χ3v) is 3.83. The molecule has 0 unspecified atom stereocenters. The van der Waals surface area contributed by atoms with Gasteiger partial charge < -0.3 is 4.74 Å². The van der Waals surface area contributed by atoms with Crippen molar-refractivity contribution in [2.75, 3.05) is 6.61 Å². The molecule has 0 aliphatic carbocycles. The highest BCUT2D eigenvalue weighted by molar-refractivity contribution is 5.87. The number of rotatable bonds is 9. The normalized spacial score (nSPS) is 11.9. The molecule has 0 saturated carbocycles. The minimum Gasteiger partial charge on any atom is -0.456 e. The van der Waals surface area contributed by atoms with E-state index in [1.54, 1.807) is 36.7 Å². The number of hydrogen-bond acceptors (Lipinski definition) is 4. The van der Waals surface area contributed by atoms with Gasteiger partial charge in [0, 0.05) is 24.0 Å². The van der Waals surface area contributed by atoms with Gasteiger partial charge in [-0.1, -0.05) is 37.6 Å². The summed E-state index contributed by atoms with van der Waals surface area (Å²) in [5.41, 5.74) is 2.44. The van der Waals surface area contributed by atoms with E-state index >= 15 is 0 Å². The summed E-state index contributed by atoms with van der Waals surface area (Å²) in [6, 6.07) is 6.86. The van der Waals surface area contributed by atoms with Crippen LogP contribution in [-0.2, 0) is 16.0 Å². The summed E-state index contributed by atoms with van der Waals surface area (Å²) in [6.45, 7) is 0.446. The van der Waals surface area contributed by atoms with E-state index in [1.807, 2.05) is 0 Å². The van der Waals surface area contributed by atoms with Gasteiger partial charge in [-0.05, 0) is 30.0 Å². The van der Waals surface area contributed by atoms with Gasteiger partial charge in [-0.15, -0.1) is 0 Å². The van der Waals surface area contributed by atoms with Gasteiger partial charge in [-0.2, -0.15) is 8.78 Å². The highest BCUT2D eigenvalue weighted by Gasteiger charge is 2.42. The van der Waals surface area contributed by atoms with Crippen LogP contribution in [0.3, 0.4) is 0 Å². The van der Waals surface area contributed by atoms with Crippen molar-refractivity contribution in [3.8, 4) is 11.4 Å². The van der Waals surface area contributed by atoms with Crippen LogP contribution in [0, 0.1) is 0 Å². The second-order valence-corrected chi connectivity index (χ2v) is 6.14. The van der Waals surface area contributed by atoms with Crippen molar-refractivity contribution in [2.45, 2.75) is 38.5 Å². The zero-order valence-electron chi connectivity index (χ0n) is 15.2. The lowest BCUT2D eigenvalue weighted by Gasteiger charge is -2.14. The van der Waals surface area contributed by atoms with E-state index in [1.165, 1.54) is 6.08 Å². The Morgan fingerprint density at radius 2 is 1.82 bits per heavy atom. The minimum absolute atomic E-state index is 0.560. The Balaban J connectivity index is 1.93. The summed E-state index contributed by atoms with van der Waals surface area (Å²) in [4.78, 5) is 20.0. The van der Waals surface area contributed by atoms with Crippen molar-refractivity contribution in [2.24, 2.45) is 0 Å². The lowest BCUT2D eigenvalue weighted by atomic mass is 10.1. The monoisotopic (exact) mass is 396 g/mol. The predicted octanol–water partition coefficient (Wildman–Crippen LogP) is 4.94. The van der Waals surface area contributed by atoms with Gasteiger partial charge in [0.1, 0.15) is 0 Å². The number of nitrogens with zero attached hydrogens (tertiary/aromatic N) is 2. The van der Waals surface area contributed by atoms with Gasteiger partial charge in [0.25, 0.3) is 0 Å². The first kappa shape index (κ1) is 21.5. The van der Waals surface area contributed by atoms with Crippen LogP contribution < -0.4 is 0 Å². The van der Waals surface area contributed by atoms with Crippen LogP contribution >= 0.6 is 0 Å². The molecule has 0 N–H and O–H groups in total. The third kappa shape index (κ3) is 6.44. The van der Waals surface area contributed by atoms with Gasteiger partial charge in [0.15, 0.2) is 12.4 Å². The van der Waals surface area contributed by atoms with Crippen molar-refractivity contribution >= 4 is 12.0 Å². The Bertz CT molecular complexity index is 791. The molecular formula is C20H20F4N2O2. The maximum Gasteiger partial charge on any atom is 0.340 e. The molecule has 4 nitrogen and oxygen atoms in total. The van der Waals surface area contributed by atoms with Crippen molar-refractivity contribution in [3.05, 3.63) is 53.9 Å². The fourth-order valence-corrected chi connectivity index (χ4v) is 2.20. The number of esters is 1. The van der Waals surface area contributed by atoms with Crippen LogP contribution in [0.5, 0.6) is 0 Å². The quantitative estimate of drug-likeness (QED) is 0.342. The summed E-state index contributed by atoms with van der Waals surface area (Å²) < 4.78 is 53.5. The molecule has 150 valence electrons. The van der Waals surface area contributed by atoms with E-state index in [0.717, 1.165) is 36.5 Å². The zero-order valence-corrected chi connectivity index (χ0v) is 15.2. The van der Waals surface area contributed by atoms with Gasteiger partial charge in [0.05, 0.1) is 0 Å². The number of ether oxygens (including phenoxy) is 1. The number of halogens is 4. The fraction of sp³-hybridized carbons (Fsp3) is 0.350. The molecule has 0 saturated heterocycles. The Labute approximate surface area is 160 Å². The molecule has 2 aromatic rings. The average Bonchev–Trinajstić information content (AvgIpc) is 2.70. The average molecular weight is 396 g/mol. The number of aromatic nitrogens is 2. The minimum atomic E-state index is -4.36. The molecule has 8 heteroatoms. The fourth-order valence-electron chi connectivity index (χ4n) is 2.20.